The number of nitrogens with zero attached hydrogens (tertiary/aromatic N) is 2. The van der Waals surface area contributed by atoms with Gasteiger partial charge in [-0.25, -0.2) is 18.4 Å². The average molecular weight is 632 g/mol. The number of hydrogen-bond donors (Lipinski definition) is 3. The molecule has 0 spiro atoms. The first-order valence-corrected chi connectivity index (χ1v) is 13.1. The average Bonchev–Trinajstić information content (AvgIpc) is 3.05. The molecular formula is C23H21BrF2N3O9P. The second kappa shape index (κ2) is 10.7. The number of carboxylic acids is 1. The molecule has 0 aliphatic carbocycles. The number of H-pyrrole nitrogens is 1. The highest BCUT2D eigenvalue weighted by Gasteiger charge is 2.65. The summed E-state index contributed by atoms with van der Waals surface area (Å²) in [5.41, 5.74) is -4.79. The number of carboxylic acid groups (broad SMARTS) is 1. The van der Waals surface area contributed by atoms with E-state index in [0.29, 0.717) is 15.3 Å². The SMILES string of the molecule is C[C@H](N=[P+]([O-])Oc1ccc2ccccc2c1OC[C@@]1(F)O[C@@H](n2cc(Br)c(=O)[nH]c2=O)[C@](C)(F)[C@@H]1O)C(=O)O. The smallest absolute Gasteiger partial charge is 0.395 e. The maximum Gasteiger partial charge on any atom is 0.395 e. The minimum absolute atomic E-state index is 0.169. The Morgan fingerprint density at radius 2 is 2.03 bits per heavy atom. The Bertz CT molecular complexity index is 1580. The van der Waals surface area contributed by atoms with Gasteiger partial charge in [-0.05, 0) is 41.2 Å². The molecular weight excluding hydrogens is 611 g/mol. The second-order valence-corrected chi connectivity index (χ2v) is 10.6. The molecule has 1 aromatic heterocycles. The number of aliphatic carboxylic acids is 1. The van der Waals surface area contributed by atoms with Gasteiger partial charge in [0.1, 0.15) is 0 Å². The van der Waals surface area contributed by atoms with Crippen molar-refractivity contribution in [1.82, 2.24) is 9.55 Å². The lowest BCUT2D eigenvalue weighted by Crippen LogP contribution is -2.48. The van der Waals surface area contributed by atoms with Gasteiger partial charge in [0.15, 0.2) is 36.4 Å². The summed E-state index contributed by atoms with van der Waals surface area (Å²) in [6.07, 6.45) is -3.57. The number of fused-ring (bicyclic) bond motifs is 1. The van der Waals surface area contributed by atoms with Gasteiger partial charge in [0.2, 0.25) is 5.75 Å². The zero-order valence-electron chi connectivity index (χ0n) is 20.2. The summed E-state index contributed by atoms with van der Waals surface area (Å²) in [7, 11) is -2.90. The van der Waals surface area contributed by atoms with Crippen LogP contribution in [-0.2, 0) is 9.53 Å². The number of aliphatic hydroxyl groups excluding tert-OH is 1. The predicted molar refractivity (Wildman–Crippen MR) is 135 cm³/mol. The highest BCUT2D eigenvalue weighted by atomic mass is 79.9. The molecule has 39 heavy (non-hydrogen) atoms. The Morgan fingerprint density at radius 3 is 2.72 bits per heavy atom. The fraction of sp³-hybridized carbons (Fsp3) is 0.348. The zero-order valence-corrected chi connectivity index (χ0v) is 22.7. The second-order valence-electron chi connectivity index (χ2n) is 8.82. The number of aliphatic hydroxyl groups is 1. The summed E-state index contributed by atoms with van der Waals surface area (Å²) in [4.78, 5) is 49.3. The van der Waals surface area contributed by atoms with Crippen LogP contribution in [0.15, 0.2) is 61.4 Å². The van der Waals surface area contributed by atoms with Gasteiger partial charge in [0, 0.05) is 11.6 Å². The van der Waals surface area contributed by atoms with Crippen molar-refractivity contribution >= 4 is 40.8 Å². The normalized spacial score (nSPS) is 26.0. The highest BCUT2D eigenvalue weighted by Crippen LogP contribution is 2.48. The van der Waals surface area contributed by atoms with E-state index >= 15 is 8.78 Å². The van der Waals surface area contributed by atoms with E-state index < -0.39 is 61.9 Å². The number of benzene rings is 2. The quantitative estimate of drug-likeness (QED) is 0.315. The standard InChI is InChI=1S/C23H21BrF2N3O9P/c1-11(18(31)32)28-39(35)38-15-8-7-12-5-3-4-6-13(12)16(15)36-10-23(26)19(33)22(2,25)20(37-23)29-9-14(24)17(30)27-21(29)34/h3-9,11,19-20,33H,10H2,1-2H3,(H,31,32)(H,27,30,34)/t11-,19-,20+,22+,23+/m0/s1. The van der Waals surface area contributed by atoms with Crippen molar-refractivity contribution in [3.05, 3.63) is 67.9 Å². The molecule has 1 aliphatic heterocycles. The van der Waals surface area contributed by atoms with E-state index in [4.69, 9.17) is 19.1 Å². The minimum atomic E-state index is -3.21. The molecule has 0 amide bonds. The van der Waals surface area contributed by atoms with Crippen molar-refractivity contribution in [2.45, 2.75) is 43.7 Å². The van der Waals surface area contributed by atoms with E-state index in [-0.39, 0.29) is 16.0 Å². The van der Waals surface area contributed by atoms with Crippen molar-refractivity contribution in [3.63, 3.8) is 0 Å². The van der Waals surface area contributed by atoms with Crippen LogP contribution in [0.25, 0.3) is 10.8 Å². The summed E-state index contributed by atoms with van der Waals surface area (Å²) in [5, 5.41) is 20.5. The van der Waals surface area contributed by atoms with Crippen molar-refractivity contribution < 1.29 is 42.7 Å². The lowest BCUT2D eigenvalue weighted by Gasteiger charge is -2.25. The van der Waals surface area contributed by atoms with E-state index in [1.165, 1.54) is 13.0 Å². The van der Waals surface area contributed by atoms with E-state index in [1.54, 1.807) is 30.3 Å². The summed E-state index contributed by atoms with van der Waals surface area (Å²) >= 11 is 2.90. The van der Waals surface area contributed by atoms with Gasteiger partial charge in [0.05, 0.1) is 4.47 Å². The molecule has 3 N–H and O–H groups in total. The Hall–Kier alpha value is -3.23. The highest BCUT2D eigenvalue weighted by molar-refractivity contribution is 9.10. The molecule has 2 aromatic carbocycles. The largest absolute Gasteiger partial charge is 0.575 e. The number of hydrogen-bond acceptors (Lipinski definition) is 9. The first kappa shape index (κ1) is 28.8. The van der Waals surface area contributed by atoms with Crippen molar-refractivity contribution in [2.24, 2.45) is 4.74 Å². The fourth-order valence-electron chi connectivity index (χ4n) is 3.91. The lowest BCUT2D eigenvalue weighted by atomic mass is 9.97. The molecule has 0 saturated carbocycles. The van der Waals surface area contributed by atoms with Crippen LogP contribution in [0.1, 0.15) is 20.1 Å². The Morgan fingerprint density at radius 1 is 1.33 bits per heavy atom. The third-order valence-electron chi connectivity index (χ3n) is 5.97. The third-order valence-corrected chi connectivity index (χ3v) is 7.42. The van der Waals surface area contributed by atoms with Crippen LogP contribution in [0.3, 0.4) is 0 Å². The maximum atomic E-state index is 16.0. The van der Waals surface area contributed by atoms with Gasteiger partial charge in [-0.2, -0.15) is 0 Å². The van der Waals surface area contributed by atoms with Crippen LogP contribution in [0.4, 0.5) is 8.78 Å². The van der Waals surface area contributed by atoms with Crippen LogP contribution in [-0.4, -0.2) is 56.0 Å². The first-order chi connectivity index (χ1) is 18.2. The molecule has 2 heterocycles. The number of halogens is 3. The Kier molecular flexibility index (Phi) is 7.92. The topological polar surface area (TPSA) is 175 Å². The molecule has 0 radical (unpaired) electrons. The monoisotopic (exact) mass is 631 g/mol. The number of carbonyl (C=O) groups is 1. The fourth-order valence-corrected chi connectivity index (χ4v) is 4.97. The van der Waals surface area contributed by atoms with E-state index in [9.17, 15) is 24.4 Å². The van der Waals surface area contributed by atoms with Crippen LogP contribution < -0.4 is 25.4 Å². The maximum absolute atomic E-state index is 16.0. The van der Waals surface area contributed by atoms with Gasteiger partial charge in [-0.3, -0.25) is 18.9 Å². The lowest BCUT2D eigenvalue weighted by molar-refractivity contribution is -0.203. The first-order valence-electron chi connectivity index (χ1n) is 11.2. The Labute approximate surface area is 227 Å². The molecule has 4 rings (SSSR count). The van der Waals surface area contributed by atoms with Crippen molar-refractivity contribution in [1.29, 1.82) is 0 Å². The molecule has 1 saturated heterocycles. The number of rotatable bonds is 8. The predicted octanol–water partition coefficient (Wildman–Crippen LogP) is 2.52. The minimum Gasteiger partial charge on any atom is -0.575 e. The van der Waals surface area contributed by atoms with E-state index in [0.717, 1.165) is 13.1 Å². The van der Waals surface area contributed by atoms with Gasteiger partial charge < -0.3 is 24.6 Å². The number of aromatic amines is 1. The molecule has 6 atom stereocenters. The molecule has 1 fully saturated rings. The molecule has 1 unspecified atom stereocenters. The summed E-state index contributed by atoms with van der Waals surface area (Å²) in [6, 6.07) is 8.14. The van der Waals surface area contributed by atoms with E-state index in [1.807, 2.05) is 4.98 Å². The third kappa shape index (κ3) is 5.58. The number of aromatic nitrogens is 2. The van der Waals surface area contributed by atoms with Crippen molar-refractivity contribution in [2.75, 3.05) is 6.61 Å². The molecule has 0 bridgehead atoms. The van der Waals surface area contributed by atoms with Gasteiger partial charge in [-0.1, -0.05) is 35.1 Å². The summed E-state index contributed by atoms with van der Waals surface area (Å²) < 4.78 is 51.6. The van der Waals surface area contributed by atoms with Crippen LogP contribution >= 0.6 is 24.1 Å². The number of nitrogens with one attached hydrogen (secondary N) is 1. The molecule has 208 valence electrons. The number of alkyl halides is 2. The molecule has 1 aliphatic rings. The van der Waals surface area contributed by atoms with E-state index in [2.05, 4.69) is 20.7 Å². The Balaban J connectivity index is 1.68. The van der Waals surface area contributed by atoms with Gasteiger partial charge in [0.25, 0.3) is 11.4 Å². The number of ether oxygens (including phenoxy) is 2. The summed E-state index contributed by atoms with van der Waals surface area (Å²) in [5.74, 6) is -4.92. The molecule has 12 nitrogen and oxygen atoms in total. The van der Waals surface area contributed by atoms with Crippen LogP contribution in [0.2, 0.25) is 0 Å². The molecule has 16 heteroatoms. The van der Waals surface area contributed by atoms with Crippen LogP contribution in [0, 0.1) is 0 Å². The van der Waals surface area contributed by atoms with Gasteiger partial charge >= 0.3 is 19.8 Å². The molecule has 3 aromatic rings. The summed E-state index contributed by atoms with van der Waals surface area (Å²) in [6.45, 7) is 0.892. The van der Waals surface area contributed by atoms with Gasteiger partial charge in [-0.15, -0.1) is 0 Å². The van der Waals surface area contributed by atoms with Crippen molar-refractivity contribution in [3.8, 4) is 11.5 Å². The van der Waals surface area contributed by atoms with Crippen LogP contribution in [0.5, 0.6) is 11.5 Å². The zero-order chi connectivity index (χ0) is 28.7.